The van der Waals surface area contributed by atoms with Crippen LogP contribution in [0.2, 0.25) is 0 Å². The van der Waals surface area contributed by atoms with Crippen molar-refractivity contribution >= 4 is 16.9 Å². The third kappa shape index (κ3) is 1.35. The Morgan fingerprint density at radius 1 is 1.36 bits per heavy atom. The van der Waals surface area contributed by atoms with Gasteiger partial charge in [-0.1, -0.05) is 12.1 Å². The first kappa shape index (κ1) is 8.74. The van der Waals surface area contributed by atoms with Crippen LogP contribution in [0.4, 0.5) is 0 Å². The fourth-order valence-corrected chi connectivity index (χ4v) is 1.28. The number of amidine groups is 1. The van der Waals surface area contributed by atoms with Crippen LogP contribution in [-0.4, -0.2) is 34.8 Å². The number of aromatic nitrogens is 2. The second-order valence-corrected chi connectivity index (χ2v) is 3.35. The molecule has 1 heterocycles. The molecule has 1 aromatic carbocycles. The highest BCUT2D eigenvalue weighted by Crippen LogP contribution is 2.10. The predicted molar refractivity (Wildman–Crippen MR) is 56.6 cm³/mol. The van der Waals surface area contributed by atoms with E-state index in [-0.39, 0.29) is 0 Å². The first-order valence-electron chi connectivity index (χ1n) is 4.39. The molecule has 1 aromatic heterocycles. The van der Waals surface area contributed by atoms with Crippen molar-refractivity contribution in [2.75, 3.05) is 14.1 Å². The van der Waals surface area contributed by atoms with Gasteiger partial charge in [0.15, 0.2) is 11.7 Å². The van der Waals surface area contributed by atoms with Crippen LogP contribution in [0.5, 0.6) is 0 Å². The van der Waals surface area contributed by atoms with Gasteiger partial charge in [-0.25, -0.2) is 4.98 Å². The fourth-order valence-electron chi connectivity index (χ4n) is 1.28. The van der Waals surface area contributed by atoms with Crippen LogP contribution in [0, 0.1) is 5.41 Å². The van der Waals surface area contributed by atoms with Gasteiger partial charge >= 0.3 is 0 Å². The van der Waals surface area contributed by atoms with Gasteiger partial charge in [-0.05, 0) is 12.1 Å². The van der Waals surface area contributed by atoms with Gasteiger partial charge in [-0.3, -0.25) is 5.41 Å². The molecule has 0 radical (unpaired) electrons. The van der Waals surface area contributed by atoms with Gasteiger partial charge in [-0.15, -0.1) is 0 Å². The van der Waals surface area contributed by atoms with Crippen LogP contribution in [-0.2, 0) is 0 Å². The largest absolute Gasteiger partial charge is 0.360 e. The molecule has 0 aliphatic rings. The van der Waals surface area contributed by atoms with Crippen molar-refractivity contribution in [3.05, 3.63) is 30.1 Å². The van der Waals surface area contributed by atoms with Gasteiger partial charge in [0.1, 0.15) is 0 Å². The van der Waals surface area contributed by atoms with Gasteiger partial charge in [-0.2, -0.15) is 0 Å². The van der Waals surface area contributed by atoms with Crippen LogP contribution < -0.4 is 0 Å². The van der Waals surface area contributed by atoms with E-state index in [1.54, 1.807) is 4.90 Å². The molecule has 0 bridgehead atoms. The Hall–Kier alpha value is -1.84. The van der Waals surface area contributed by atoms with Crippen molar-refractivity contribution in [1.29, 1.82) is 5.41 Å². The van der Waals surface area contributed by atoms with E-state index in [1.165, 1.54) is 0 Å². The predicted octanol–water partition coefficient (Wildman–Crippen LogP) is 1.45. The lowest BCUT2D eigenvalue weighted by atomic mass is 10.3. The average molecular weight is 188 g/mol. The van der Waals surface area contributed by atoms with E-state index in [4.69, 9.17) is 5.41 Å². The van der Waals surface area contributed by atoms with Crippen molar-refractivity contribution in [1.82, 2.24) is 14.9 Å². The summed E-state index contributed by atoms with van der Waals surface area (Å²) in [5.41, 5.74) is 1.86. The maximum Gasteiger partial charge on any atom is 0.173 e. The number of imidazole rings is 1. The molecular formula is C10H12N4. The number of hydrogen-bond donors (Lipinski definition) is 2. The van der Waals surface area contributed by atoms with Gasteiger partial charge < -0.3 is 9.88 Å². The van der Waals surface area contributed by atoms with Gasteiger partial charge in [0.25, 0.3) is 0 Å². The number of fused-ring (bicyclic) bond motifs is 1. The summed E-state index contributed by atoms with van der Waals surface area (Å²) in [5, 5.41) is 7.75. The van der Waals surface area contributed by atoms with Crippen LogP contribution >= 0.6 is 0 Å². The molecule has 0 aliphatic heterocycles. The van der Waals surface area contributed by atoms with Gasteiger partial charge in [0.2, 0.25) is 0 Å². The zero-order chi connectivity index (χ0) is 10.1. The van der Waals surface area contributed by atoms with Crippen LogP contribution in [0.3, 0.4) is 0 Å². The number of para-hydroxylation sites is 2. The lowest BCUT2D eigenvalue weighted by molar-refractivity contribution is 0.615. The Morgan fingerprint density at radius 3 is 2.71 bits per heavy atom. The van der Waals surface area contributed by atoms with Gasteiger partial charge in [0.05, 0.1) is 11.0 Å². The molecule has 4 heteroatoms. The maximum absolute atomic E-state index is 7.75. The normalized spacial score (nSPS) is 10.4. The molecule has 2 N–H and O–H groups in total. The molecule has 0 saturated heterocycles. The minimum atomic E-state index is 0.390. The number of H-pyrrole nitrogens is 1. The van der Waals surface area contributed by atoms with E-state index >= 15 is 0 Å². The Morgan fingerprint density at radius 2 is 2.07 bits per heavy atom. The molecule has 0 aliphatic carbocycles. The molecule has 0 atom stereocenters. The second kappa shape index (κ2) is 3.14. The smallest absolute Gasteiger partial charge is 0.173 e. The van der Waals surface area contributed by atoms with E-state index < -0.39 is 0 Å². The number of nitrogens with one attached hydrogen (secondary N) is 2. The fraction of sp³-hybridized carbons (Fsp3) is 0.200. The van der Waals surface area contributed by atoms with Crippen molar-refractivity contribution < 1.29 is 0 Å². The molecule has 14 heavy (non-hydrogen) atoms. The summed E-state index contributed by atoms with van der Waals surface area (Å²) in [4.78, 5) is 9.13. The SMILES string of the molecule is CN(C)C(=N)c1nc2ccccc2[nH]1. The van der Waals surface area contributed by atoms with Crippen molar-refractivity contribution in [3.8, 4) is 0 Å². The van der Waals surface area contributed by atoms with Gasteiger partial charge in [0, 0.05) is 14.1 Å². The number of benzene rings is 1. The first-order chi connectivity index (χ1) is 6.68. The molecular weight excluding hydrogens is 176 g/mol. The average Bonchev–Trinajstić information content (AvgIpc) is 2.59. The molecule has 2 rings (SSSR count). The van der Waals surface area contributed by atoms with E-state index in [0.717, 1.165) is 11.0 Å². The zero-order valence-electron chi connectivity index (χ0n) is 8.20. The molecule has 0 amide bonds. The Kier molecular flexibility index (Phi) is 1.96. The highest BCUT2D eigenvalue weighted by molar-refractivity contribution is 5.95. The van der Waals surface area contributed by atoms with Crippen molar-refractivity contribution in [2.45, 2.75) is 0 Å². The van der Waals surface area contributed by atoms with E-state index in [1.807, 2.05) is 38.4 Å². The van der Waals surface area contributed by atoms with Crippen LogP contribution in [0.25, 0.3) is 11.0 Å². The zero-order valence-corrected chi connectivity index (χ0v) is 8.20. The standard InChI is InChI=1S/C10H12N4/c1-14(2)9(11)10-12-7-5-3-4-6-8(7)13-10/h3-6,11H,1-2H3,(H,12,13). The van der Waals surface area contributed by atoms with E-state index in [0.29, 0.717) is 11.7 Å². The van der Waals surface area contributed by atoms with E-state index in [2.05, 4.69) is 9.97 Å². The molecule has 0 fully saturated rings. The summed E-state index contributed by atoms with van der Waals surface area (Å²) in [7, 11) is 3.66. The lowest BCUT2D eigenvalue weighted by Crippen LogP contribution is -2.22. The highest BCUT2D eigenvalue weighted by atomic mass is 15.1. The number of aromatic amines is 1. The third-order valence-electron chi connectivity index (χ3n) is 2.06. The topological polar surface area (TPSA) is 55.8 Å². The first-order valence-corrected chi connectivity index (χ1v) is 4.39. The third-order valence-corrected chi connectivity index (χ3v) is 2.06. The van der Waals surface area contributed by atoms with Crippen molar-refractivity contribution in [3.63, 3.8) is 0 Å². The summed E-state index contributed by atoms with van der Waals surface area (Å²) in [6.07, 6.45) is 0. The molecule has 0 unspecified atom stereocenters. The summed E-state index contributed by atoms with van der Waals surface area (Å²) < 4.78 is 0. The summed E-state index contributed by atoms with van der Waals surface area (Å²) in [6.45, 7) is 0. The number of hydrogen-bond acceptors (Lipinski definition) is 2. The Balaban J connectivity index is 2.50. The number of rotatable bonds is 1. The molecule has 2 aromatic rings. The minimum absolute atomic E-state index is 0.390. The van der Waals surface area contributed by atoms with Crippen LogP contribution in [0.1, 0.15) is 5.82 Å². The number of nitrogens with zero attached hydrogens (tertiary/aromatic N) is 2. The summed E-state index contributed by atoms with van der Waals surface area (Å²) in [5.74, 6) is 0.998. The lowest BCUT2D eigenvalue weighted by Gasteiger charge is -2.09. The minimum Gasteiger partial charge on any atom is -0.360 e. The second-order valence-electron chi connectivity index (χ2n) is 3.35. The van der Waals surface area contributed by atoms with Crippen LogP contribution in [0.15, 0.2) is 24.3 Å². The van der Waals surface area contributed by atoms with E-state index in [9.17, 15) is 0 Å². The molecule has 0 spiro atoms. The molecule has 4 nitrogen and oxygen atoms in total. The molecule has 72 valence electrons. The Bertz CT molecular complexity index is 437. The Labute approximate surface area is 82.1 Å². The monoisotopic (exact) mass is 188 g/mol. The molecule has 0 saturated carbocycles. The van der Waals surface area contributed by atoms with Crippen molar-refractivity contribution in [2.24, 2.45) is 0 Å². The summed E-state index contributed by atoms with van der Waals surface area (Å²) in [6, 6.07) is 7.77. The maximum atomic E-state index is 7.75. The summed E-state index contributed by atoms with van der Waals surface area (Å²) >= 11 is 0. The quantitative estimate of drug-likeness (QED) is 0.525. The highest BCUT2D eigenvalue weighted by Gasteiger charge is 2.08.